The lowest BCUT2D eigenvalue weighted by Crippen LogP contribution is -2.13. The first-order valence-electron chi connectivity index (χ1n) is 5.38. The summed E-state index contributed by atoms with van der Waals surface area (Å²) in [6, 6.07) is 6.88. The number of halogens is 1. The Labute approximate surface area is 111 Å². The van der Waals surface area contributed by atoms with Crippen molar-refractivity contribution in [2.24, 2.45) is 0 Å². The van der Waals surface area contributed by atoms with Crippen LogP contribution in [0.15, 0.2) is 18.2 Å². The SMILES string of the molecule is COCCC(=O)C(C#N)c1ccc(OC)c(Cl)c1. The molecule has 0 heterocycles. The Kier molecular flexibility index (Phi) is 5.63. The number of carbonyl (C=O) groups excluding carboxylic acids is 1. The summed E-state index contributed by atoms with van der Waals surface area (Å²) in [5.41, 5.74) is 0.574. The molecule has 1 unspecified atom stereocenters. The average molecular weight is 268 g/mol. The fourth-order valence-corrected chi connectivity index (χ4v) is 1.81. The van der Waals surface area contributed by atoms with Gasteiger partial charge in [0.25, 0.3) is 0 Å². The van der Waals surface area contributed by atoms with Crippen LogP contribution in [-0.2, 0) is 9.53 Å². The number of ketones is 1. The normalized spacial score (nSPS) is 11.7. The van der Waals surface area contributed by atoms with E-state index in [1.165, 1.54) is 14.2 Å². The molecule has 0 aliphatic rings. The van der Waals surface area contributed by atoms with E-state index in [0.29, 0.717) is 22.9 Å². The van der Waals surface area contributed by atoms with Gasteiger partial charge in [-0.05, 0) is 17.7 Å². The van der Waals surface area contributed by atoms with Crippen LogP contribution in [0.3, 0.4) is 0 Å². The van der Waals surface area contributed by atoms with E-state index in [0.717, 1.165) is 0 Å². The molecule has 1 atom stereocenters. The lowest BCUT2D eigenvalue weighted by molar-refractivity contribution is -0.120. The second kappa shape index (κ2) is 7.00. The fourth-order valence-electron chi connectivity index (χ4n) is 1.54. The number of hydrogen-bond acceptors (Lipinski definition) is 4. The van der Waals surface area contributed by atoms with Gasteiger partial charge in [0.1, 0.15) is 11.7 Å². The number of ether oxygens (including phenoxy) is 2. The van der Waals surface area contributed by atoms with Gasteiger partial charge in [0, 0.05) is 13.5 Å². The second-order valence-electron chi connectivity index (χ2n) is 3.67. The molecule has 0 amide bonds. The zero-order valence-corrected chi connectivity index (χ0v) is 11.0. The summed E-state index contributed by atoms with van der Waals surface area (Å²) >= 11 is 5.97. The molecule has 1 rings (SSSR count). The first kappa shape index (κ1) is 14.5. The highest BCUT2D eigenvalue weighted by atomic mass is 35.5. The maximum Gasteiger partial charge on any atom is 0.156 e. The summed E-state index contributed by atoms with van der Waals surface area (Å²) in [5.74, 6) is -0.481. The molecule has 0 fully saturated rings. The van der Waals surface area contributed by atoms with Gasteiger partial charge in [-0.25, -0.2) is 0 Å². The van der Waals surface area contributed by atoms with Crippen molar-refractivity contribution in [3.63, 3.8) is 0 Å². The molecular formula is C13H14ClNO3. The van der Waals surface area contributed by atoms with Crippen LogP contribution in [0.25, 0.3) is 0 Å². The highest BCUT2D eigenvalue weighted by molar-refractivity contribution is 6.32. The van der Waals surface area contributed by atoms with Crippen molar-refractivity contribution in [1.82, 2.24) is 0 Å². The second-order valence-corrected chi connectivity index (χ2v) is 4.07. The third kappa shape index (κ3) is 3.46. The molecule has 0 saturated heterocycles. The standard InChI is InChI=1S/C13H14ClNO3/c1-17-6-5-12(16)10(8-15)9-3-4-13(18-2)11(14)7-9/h3-4,7,10H,5-6H2,1-2H3. The number of hydrogen-bond donors (Lipinski definition) is 0. The summed E-state index contributed by atoms with van der Waals surface area (Å²) in [6.07, 6.45) is 0.207. The van der Waals surface area contributed by atoms with Crippen molar-refractivity contribution in [3.05, 3.63) is 28.8 Å². The molecule has 0 aromatic heterocycles. The summed E-state index contributed by atoms with van der Waals surface area (Å²) in [5, 5.41) is 9.46. The van der Waals surface area contributed by atoms with E-state index < -0.39 is 5.92 Å². The first-order chi connectivity index (χ1) is 8.63. The molecule has 0 spiro atoms. The molecule has 0 saturated carbocycles. The van der Waals surface area contributed by atoms with Crippen LogP contribution in [0.4, 0.5) is 0 Å². The predicted octanol–water partition coefficient (Wildman–Crippen LogP) is 2.56. The van der Waals surface area contributed by atoms with Crippen molar-refractivity contribution >= 4 is 17.4 Å². The average Bonchev–Trinajstić information content (AvgIpc) is 2.37. The summed E-state index contributed by atoms with van der Waals surface area (Å²) in [4.78, 5) is 11.8. The van der Waals surface area contributed by atoms with Gasteiger partial charge in [0.2, 0.25) is 0 Å². The summed E-state index contributed by atoms with van der Waals surface area (Å²) < 4.78 is 9.85. The number of benzene rings is 1. The molecule has 4 nitrogen and oxygen atoms in total. The van der Waals surface area contributed by atoms with E-state index in [1.54, 1.807) is 18.2 Å². The van der Waals surface area contributed by atoms with Crippen LogP contribution in [0.2, 0.25) is 5.02 Å². The highest BCUT2D eigenvalue weighted by Gasteiger charge is 2.20. The third-order valence-corrected chi connectivity index (χ3v) is 2.81. The molecule has 96 valence electrons. The fraction of sp³-hybridized carbons (Fsp3) is 0.385. The predicted molar refractivity (Wildman–Crippen MR) is 67.9 cm³/mol. The number of methoxy groups -OCH3 is 2. The Morgan fingerprint density at radius 1 is 1.50 bits per heavy atom. The molecule has 0 aliphatic carbocycles. The molecule has 0 bridgehead atoms. The minimum atomic E-state index is -0.816. The highest BCUT2D eigenvalue weighted by Crippen LogP contribution is 2.28. The van der Waals surface area contributed by atoms with E-state index in [9.17, 15) is 4.79 Å². The van der Waals surface area contributed by atoms with Crippen LogP contribution in [0, 0.1) is 11.3 Å². The molecule has 5 heteroatoms. The topological polar surface area (TPSA) is 59.3 Å². The molecule has 0 N–H and O–H groups in total. The molecule has 1 aromatic carbocycles. The van der Waals surface area contributed by atoms with Gasteiger partial charge in [0.05, 0.1) is 24.8 Å². The van der Waals surface area contributed by atoms with E-state index in [2.05, 4.69) is 0 Å². The zero-order valence-electron chi connectivity index (χ0n) is 10.3. The van der Waals surface area contributed by atoms with Crippen molar-refractivity contribution in [1.29, 1.82) is 5.26 Å². The third-order valence-electron chi connectivity index (χ3n) is 2.51. The van der Waals surface area contributed by atoms with Crippen LogP contribution in [0.1, 0.15) is 17.9 Å². The van der Waals surface area contributed by atoms with Crippen LogP contribution < -0.4 is 4.74 Å². The van der Waals surface area contributed by atoms with Crippen LogP contribution in [-0.4, -0.2) is 26.6 Å². The van der Waals surface area contributed by atoms with Crippen molar-refractivity contribution in [3.8, 4) is 11.8 Å². The van der Waals surface area contributed by atoms with E-state index in [1.807, 2.05) is 6.07 Å². The van der Waals surface area contributed by atoms with E-state index in [-0.39, 0.29) is 12.2 Å². The molecule has 18 heavy (non-hydrogen) atoms. The van der Waals surface area contributed by atoms with Gasteiger partial charge >= 0.3 is 0 Å². The van der Waals surface area contributed by atoms with Gasteiger partial charge in [-0.3, -0.25) is 4.79 Å². The van der Waals surface area contributed by atoms with Gasteiger partial charge < -0.3 is 9.47 Å². The van der Waals surface area contributed by atoms with Gasteiger partial charge in [-0.15, -0.1) is 0 Å². The van der Waals surface area contributed by atoms with E-state index in [4.69, 9.17) is 26.3 Å². The number of nitriles is 1. The summed E-state index contributed by atoms with van der Waals surface area (Å²) in [7, 11) is 3.02. The van der Waals surface area contributed by atoms with Gasteiger partial charge in [0.15, 0.2) is 5.78 Å². The lowest BCUT2D eigenvalue weighted by Gasteiger charge is -2.10. The number of carbonyl (C=O) groups is 1. The van der Waals surface area contributed by atoms with Crippen molar-refractivity contribution in [2.45, 2.75) is 12.3 Å². The first-order valence-corrected chi connectivity index (χ1v) is 5.76. The maximum absolute atomic E-state index is 11.8. The van der Waals surface area contributed by atoms with Crippen LogP contribution >= 0.6 is 11.6 Å². The number of rotatable bonds is 6. The Hall–Kier alpha value is -1.57. The largest absolute Gasteiger partial charge is 0.495 e. The number of Topliss-reactive ketones (excluding diaryl/α,β-unsaturated/α-hetero) is 1. The summed E-state index contributed by atoms with van der Waals surface area (Å²) in [6.45, 7) is 0.306. The molecule has 1 aromatic rings. The van der Waals surface area contributed by atoms with E-state index >= 15 is 0 Å². The monoisotopic (exact) mass is 267 g/mol. The van der Waals surface area contributed by atoms with Gasteiger partial charge in [-0.1, -0.05) is 17.7 Å². The van der Waals surface area contributed by atoms with Gasteiger partial charge in [-0.2, -0.15) is 5.26 Å². The zero-order chi connectivity index (χ0) is 13.5. The Balaban J connectivity index is 2.93. The Morgan fingerprint density at radius 2 is 2.22 bits per heavy atom. The Bertz CT molecular complexity index is 468. The molecule has 0 aliphatic heterocycles. The quantitative estimate of drug-likeness (QED) is 0.795. The Morgan fingerprint density at radius 3 is 2.72 bits per heavy atom. The lowest BCUT2D eigenvalue weighted by atomic mass is 9.94. The smallest absolute Gasteiger partial charge is 0.156 e. The van der Waals surface area contributed by atoms with Crippen LogP contribution in [0.5, 0.6) is 5.75 Å². The minimum absolute atomic E-state index is 0.180. The molecular weight excluding hydrogens is 254 g/mol. The van der Waals surface area contributed by atoms with Crippen molar-refractivity contribution in [2.75, 3.05) is 20.8 Å². The van der Waals surface area contributed by atoms with Crippen molar-refractivity contribution < 1.29 is 14.3 Å². The maximum atomic E-state index is 11.8. The minimum Gasteiger partial charge on any atom is -0.495 e. The number of nitrogens with zero attached hydrogens (tertiary/aromatic N) is 1. The molecule has 0 radical (unpaired) electrons.